The van der Waals surface area contributed by atoms with Crippen molar-refractivity contribution >= 4 is 5.95 Å². The van der Waals surface area contributed by atoms with Gasteiger partial charge in [-0.3, -0.25) is 0 Å². The van der Waals surface area contributed by atoms with E-state index in [4.69, 9.17) is 4.74 Å². The molecule has 0 N–H and O–H groups in total. The van der Waals surface area contributed by atoms with E-state index in [1.165, 1.54) is 0 Å². The maximum absolute atomic E-state index is 6.11. The van der Waals surface area contributed by atoms with Crippen LogP contribution in [0.2, 0.25) is 0 Å². The molecule has 0 saturated carbocycles. The summed E-state index contributed by atoms with van der Waals surface area (Å²) >= 11 is 0. The largest absolute Gasteiger partial charge is 0.371 e. The smallest absolute Gasteiger partial charge is 0.225 e. The summed E-state index contributed by atoms with van der Waals surface area (Å²) in [6.45, 7) is 6.83. The van der Waals surface area contributed by atoms with Gasteiger partial charge in [-0.05, 0) is 32.9 Å². The number of hydrogen-bond donors (Lipinski definition) is 0. The van der Waals surface area contributed by atoms with Gasteiger partial charge in [-0.25, -0.2) is 9.97 Å². The van der Waals surface area contributed by atoms with Crippen molar-refractivity contribution in [3.63, 3.8) is 0 Å². The number of anilines is 1. The van der Waals surface area contributed by atoms with Crippen molar-refractivity contribution in [2.75, 3.05) is 44.7 Å². The molecule has 0 aliphatic carbocycles. The van der Waals surface area contributed by atoms with Gasteiger partial charge in [-0.1, -0.05) is 0 Å². The number of morpholine rings is 1. The van der Waals surface area contributed by atoms with Crippen molar-refractivity contribution in [3.8, 4) is 0 Å². The molecule has 0 atom stereocenters. The van der Waals surface area contributed by atoms with E-state index in [-0.39, 0.29) is 5.60 Å². The molecule has 0 radical (unpaired) electrons. The summed E-state index contributed by atoms with van der Waals surface area (Å²) in [5.74, 6) is 0.849. The zero-order chi connectivity index (χ0) is 13.3. The Kier molecular flexibility index (Phi) is 3.41. The van der Waals surface area contributed by atoms with Crippen LogP contribution in [0.5, 0.6) is 0 Å². The predicted molar refractivity (Wildman–Crippen MR) is 74.4 cm³/mol. The van der Waals surface area contributed by atoms with E-state index in [1.54, 1.807) is 0 Å². The zero-order valence-electron chi connectivity index (χ0n) is 11.8. The second-order valence-corrected chi connectivity index (χ2v) is 5.75. The zero-order valence-corrected chi connectivity index (χ0v) is 11.8. The minimum atomic E-state index is 0.0118. The number of aryl methyl sites for hydroxylation is 1. The first-order valence-corrected chi connectivity index (χ1v) is 7.04. The lowest BCUT2D eigenvalue weighted by Gasteiger charge is -2.46. The Morgan fingerprint density at radius 1 is 1.26 bits per heavy atom. The molecule has 2 fully saturated rings. The summed E-state index contributed by atoms with van der Waals surface area (Å²) in [5, 5.41) is 0. The molecule has 2 saturated heterocycles. The van der Waals surface area contributed by atoms with Crippen molar-refractivity contribution < 1.29 is 4.74 Å². The monoisotopic (exact) mass is 262 g/mol. The van der Waals surface area contributed by atoms with Gasteiger partial charge < -0.3 is 14.5 Å². The second kappa shape index (κ2) is 5.06. The van der Waals surface area contributed by atoms with Crippen LogP contribution in [0.3, 0.4) is 0 Å². The van der Waals surface area contributed by atoms with Gasteiger partial charge in [0, 0.05) is 31.5 Å². The Morgan fingerprint density at radius 2 is 2.05 bits per heavy atom. The van der Waals surface area contributed by atoms with Gasteiger partial charge in [0.15, 0.2) is 0 Å². The summed E-state index contributed by atoms with van der Waals surface area (Å²) < 4.78 is 6.11. The molecule has 2 aliphatic rings. The van der Waals surface area contributed by atoms with Crippen molar-refractivity contribution in [2.45, 2.75) is 25.4 Å². The molecular formula is C14H22N4O. The molecule has 1 spiro atoms. The van der Waals surface area contributed by atoms with E-state index in [1.807, 2.05) is 19.2 Å². The predicted octanol–water partition coefficient (Wildman–Crippen LogP) is 1.09. The fraction of sp³-hybridized carbons (Fsp3) is 0.714. The highest BCUT2D eigenvalue weighted by atomic mass is 16.5. The fourth-order valence-corrected chi connectivity index (χ4v) is 2.93. The number of piperidine rings is 1. The lowest BCUT2D eigenvalue weighted by atomic mass is 9.89. The summed E-state index contributed by atoms with van der Waals surface area (Å²) in [4.78, 5) is 13.6. The van der Waals surface area contributed by atoms with Crippen LogP contribution in [0.15, 0.2) is 12.3 Å². The van der Waals surface area contributed by atoms with E-state index in [2.05, 4.69) is 26.8 Å². The van der Waals surface area contributed by atoms with Crippen molar-refractivity contribution in [3.05, 3.63) is 18.0 Å². The summed E-state index contributed by atoms with van der Waals surface area (Å²) in [6, 6.07) is 1.94. The van der Waals surface area contributed by atoms with Crippen molar-refractivity contribution in [1.29, 1.82) is 0 Å². The highest BCUT2D eigenvalue weighted by Gasteiger charge is 2.39. The maximum Gasteiger partial charge on any atom is 0.225 e. The van der Waals surface area contributed by atoms with Crippen molar-refractivity contribution in [1.82, 2.24) is 14.9 Å². The molecule has 3 rings (SSSR count). The molecule has 104 valence electrons. The van der Waals surface area contributed by atoms with Crippen molar-refractivity contribution in [2.24, 2.45) is 0 Å². The van der Waals surface area contributed by atoms with Gasteiger partial charge in [0.2, 0.25) is 5.95 Å². The minimum Gasteiger partial charge on any atom is -0.371 e. The van der Waals surface area contributed by atoms with Gasteiger partial charge in [-0.15, -0.1) is 0 Å². The maximum atomic E-state index is 6.11. The Bertz CT molecular complexity index is 443. The van der Waals surface area contributed by atoms with Crippen LogP contribution >= 0.6 is 0 Å². The van der Waals surface area contributed by atoms with Gasteiger partial charge in [0.25, 0.3) is 0 Å². The third-order valence-electron chi connectivity index (χ3n) is 4.21. The molecule has 0 bridgehead atoms. The van der Waals surface area contributed by atoms with Crippen LogP contribution in [0.25, 0.3) is 0 Å². The van der Waals surface area contributed by atoms with E-state index in [9.17, 15) is 0 Å². The number of aromatic nitrogens is 2. The van der Waals surface area contributed by atoms with E-state index in [0.717, 1.165) is 57.3 Å². The Balaban J connectivity index is 1.74. The Labute approximate surface area is 114 Å². The SMILES string of the molecule is Cc1ccnc(N2CCOC3(CCN(C)CC3)C2)n1. The molecule has 3 heterocycles. The molecule has 0 aromatic carbocycles. The van der Waals surface area contributed by atoms with Gasteiger partial charge in [-0.2, -0.15) is 0 Å². The number of rotatable bonds is 1. The fourth-order valence-electron chi connectivity index (χ4n) is 2.93. The molecule has 0 unspecified atom stereocenters. The molecule has 0 amide bonds. The third kappa shape index (κ3) is 2.72. The number of ether oxygens (including phenoxy) is 1. The van der Waals surface area contributed by atoms with Crippen LogP contribution in [-0.4, -0.2) is 60.3 Å². The molecule has 19 heavy (non-hydrogen) atoms. The van der Waals surface area contributed by atoms with Crippen LogP contribution < -0.4 is 4.90 Å². The lowest BCUT2D eigenvalue weighted by molar-refractivity contribution is -0.0886. The summed E-state index contributed by atoms with van der Waals surface area (Å²) in [7, 11) is 2.18. The van der Waals surface area contributed by atoms with Crippen LogP contribution in [0.4, 0.5) is 5.95 Å². The van der Waals surface area contributed by atoms with Crippen LogP contribution in [-0.2, 0) is 4.74 Å². The summed E-state index contributed by atoms with van der Waals surface area (Å²) in [6.07, 6.45) is 4.05. The topological polar surface area (TPSA) is 41.5 Å². The average molecular weight is 262 g/mol. The molecule has 5 heteroatoms. The van der Waals surface area contributed by atoms with Crippen LogP contribution in [0, 0.1) is 6.92 Å². The van der Waals surface area contributed by atoms with Crippen LogP contribution in [0.1, 0.15) is 18.5 Å². The van der Waals surface area contributed by atoms with Gasteiger partial charge in [0.1, 0.15) is 0 Å². The van der Waals surface area contributed by atoms with Gasteiger partial charge >= 0.3 is 0 Å². The first-order valence-electron chi connectivity index (χ1n) is 7.04. The normalized spacial score (nSPS) is 23.8. The molecule has 2 aliphatic heterocycles. The minimum absolute atomic E-state index is 0.0118. The molecule has 1 aromatic rings. The Hall–Kier alpha value is -1.20. The van der Waals surface area contributed by atoms with E-state index >= 15 is 0 Å². The number of hydrogen-bond acceptors (Lipinski definition) is 5. The highest BCUT2D eigenvalue weighted by Crippen LogP contribution is 2.30. The lowest BCUT2D eigenvalue weighted by Crippen LogP contribution is -2.56. The quantitative estimate of drug-likeness (QED) is 0.758. The Morgan fingerprint density at radius 3 is 2.79 bits per heavy atom. The third-order valence-corrected chi connectivity index (χ3v) is 4.21. The summed E-state index contributed by atoms with van der Waals surface area (Å²) in [5.41, 5.74) is 1.03. The van der Waals surface area contributed by atoms with E-state index < -0.39 is 0 Å². The highest BCUT2D eigenvalue weighted by molar-refractivity contribution is 5.32. The molecule has 1 aromatic heterocycles. The second-order valence-electron chi connectivity index (χ2n) is 5.75. The standard InChI is InChI=1S/C14H22N4O/c1-12-3-6-15-13(16-12)18-9-10-19-14(11-18)4-7-17(2)8-5-14/h3,6H,4-5,7-11H2,1-2H3. The molecular weight excluding hydrogens is 240 g/mol. The first kappa shape index (κ1) is 12.8. The molecule has 5 nitrogen and oxygen atoms in total. The number of nitrogens with zero attached hydrogens (tertiary/aromatic N) is 4. The average Bonchev–Trinajstić information content (AvgIpc) is 2.43. The first-order chi connectivity index (χ1) is 9.17. The van der Waals surface area contributed by atoms with Gasteiger partial charge in [0.05, 0.1) is 18.8 Å². The number of likely N-dealkylation sites (tertiary alicyclic amines) is 1. The van der Waals surface area contributed by atoms with E-state index in [0.29, 0.717) is 0 Å².